The maximum absolute atomic E-state index is 5.52. The van der Waals surface area contributed by atoms with Gasteiger partial charge in [-0.05, 0) is 12.1 Å². The summed E-state index contributed by atoms with van der Waals surface area (Å²) in [5.41, 5.74) is 0.927. The zero-order chi connectivity index (χ0) is 9.80. The molecule has 2 aromatic rings. The second-order valence-corrected chi connectivity index (χ2v) is 3.80. The highest BCUT2D eigenvalue weighted by atomic mass is 32.2. The molecular weight excluding hydrogens is 194 g/mol. The van der Waals surface area contributed by atoms with Crippen LogP contribution in [0.4, 0.5) is 0 Å². The van der Waals surface area contributed by atoms with Crippen LogP contribution in [0.15, 0.2) is 36.5 Å². The molecular formula is C11H11NOS. The number of hydrogen-bond acceptors (Lipinski definition) is 3. The van der Waals surface area contributed by atoms with Crippen molar-refractivity contribution in [3.63, 3.8) is 0 Å². The van der Waals surface area contributed by atoms with Gasteiger partial charge >= 0.3 is 0 Å². The van der Waals surface area contributed by atoms with Crippen LogP contribution in [0.5, 0.6) is 5.75 Å². The van der Waals surface area contributed by atoms with Gasteiger partial charge in [-0.2, -0.15) is 0 Å². The molecule has 0 fully saturated rings. The lowest BCUT2D eigenvalue weighted by molar-refractivity contribution is 0.653. The second kappa shape index (κ2) is 4.33. The Morgan fingerprint density at radius 3 is 3.00 bits per heavy atom. The molecule has 14 heavy (non-hydrogen) atoms. The van der Waals surface area contributed by atoms with Gasteiger partial charge in [0.25, 0.3) is 0 Å². The third-order valence-electron chi connectivity index (χ3n) is 1.86. The van der Waals surface area contributed by atoms with Gasteiger partial charge in [0.1, 0.15) is 5.52 Å². The molecule has 0 unspecified atom stereocenters. The Morgan fingerprint density at radius 1 is 1.29 bits per heavy atom. The van der Waals surface area contributed by atoms with Gasteiger partial charge in [0.2, 0.25) is 0 Å². The SMILES string of the molecule is CCSOc1cccc2cccnc12. The summed E-state index contributed by atoms with van der Waals surface area (Å²) < 4.78 is 5.52. The summed E-state index contributed by atoms with van der Waals surface area (Å²) in [5.74, 6) is 1.78. The number of benzene rings is 1. The van der Waals surface area contributed by atoms with Gasteiger partial charge in [0.05, 0.1) is 12.0 Å². The van der Waals surface area contributed by atoms with E-state index in [1.54, 1.807) is 6.20 Å². The average molecular weight is 205 g/mol. The standard InChI is InChI=1S/C11H11NOS/c1-2-14-13-10-7-3-5-9-6-4-8-12-11(9)10/h3-8H,2H2,1H3. The third-order valence-corrected chi connectivity index (χ3v) is 2.40. The van der Waals surface area contributed by atoms with Gasteiger partial charge < -0.3 is 4.18 Å². The smallest absolute Gasteiger partial charge is 0.163 e. The van der Waals surface area contributed by atoms with Crippen molar-refractivity contribution < 1.29 is 4.18 Å². The molecule has 72 valence electrons. The minimum atomic E-state index is 0.843. The molecule has 0 aliphatic carbocycles. The van der Waals surface area contributed by atoms with Crippen molar-refractivity contribution >= 4 is 22.9 Å². The molecule has 1 heterocycles. The second-order valence-electron chi connectivity index (χ2n) is 2.82. The fourth-order valence-electron chi connectivity index (χ4n) is 1.27. The molecule has 3 heteroatoms. The number of nitrogens with zero attached hydrogens (tertiary/aromatic N) is 1. The van der Waals surface area contributed by atoms with Crippen molar-refractivity contribution in [3.05, 3.63) is 36.5 Å². The summed E-state index contributed by atoms with van der Waals surface area (Å²) in [6, 6.07) is 9.92. The van der Waals surface area contributed by atoms with E-state index in [2.05, 4.69) is 11.9 Å². The van der Waals surface area contributed by atoms with E-state index in [0.717, 1.165) is 22.4 Å². The summed E-state index contributed by atoms with van der Waals surface area (Å²) in [7, 11) is 0. The minimum Gasteiger partial charge on any atom is -0.424 e. The van der Waals surface area contributed by atoms with Crippen LogP contribution < -0.4 is 4.18 Å². The van der Waals surface area contributed by atoms with Crippen LogP contribution >= 0.6 is 12.0 Å². The Hall–Kier alpha value is -1.22. The monoisotopic (exact) mass is 205 g/mol. The quantitative estimate of drug-likeness (QED) is 0.718. The van der Waals surface area contributed by atoms with E-state index in [1.807, 2.05) is 30.3 Å². The lowest BCUT2D eigenvalue weighted by Crippen LogP contribution is -1.86. The fraction of sp³-hybridized carbons (Fsp3) is 0.182. The van der Waals surface area contributed by atoms with Crippen molar-refractivity contribution in [1.29, 1.82) is 0 Å². The highest BCUT2D eigenvalue weighted by Crippen LogP contribution is 2.25. The molecule has 0 spiro atoms. The predicted molar refractivity (Wildman–Crippen MR) is 60.5 cm³/mol. The van der Waals surface area contributed by atoms with E-state index >= 15 is 0 Å². The Morgan fingerprint density at radius 2 is 2.14 bits per heavy atom. The zero-order valence-corrected chi connectivity index (χ0v) is 8.75. The molecule has 0 aliphatic heterocycles. The molecule has 0 amide bonds. The Labute approximate surface area is 87.5 Å². The number of para-hydroxylation sites is 1. The van der Waals surface area contributed by atoms with Crippen molar-refractivity contribution in [3.8, 4) is 5.75 Å². The first-order valence-corrected chi connectivity index (χ1v) is 5.46. The number of hydrogen-bond donors (Lipinski definition) is 0. The normalized spacial score (nSPS) is 10.4. The maximum Gasteiger partial charge on any atom is 0.163 e. The van der Waals surface area contributed by atoms with E-state index in [4.69, 9.17) is 4.18 Å². The Kier molecular flexibility index (Phi) is 2.89. The van der Waals surface area contributed by atoms with Crippen molar-refractivity contribution in [1.82, 2.24) is 4.98 Å². The highest BCUT2D eigenvalue weighted by Gasteiger charge is 2.01. The van der Waals surface area contributed by atoms with E-state index < -0.39 is 0 Å². The van der Waals surface area contributed by atoms with Crippen molar-refractivity contribution in [2.45, 2.75) is 6.92 Å². The fourth-order valence-corrected chi connectivity index (χ4v) is 1.65. The molecule has 1 aromatic carbocycles. The van der Waals surface area contributed by atoms with Crippen LogP contribution in [0.2, 0.25) is 0 Å². The summed E-state index contributed by atoms with van der Waals surface area (Å²) in [5, 5.41) is 1.11. The Bertz CT molecular complexity index is 425. The number of fused-ring (bicyclic) bond motifs is 1. The largest absolute Gasteiger partial charge is 0.424 e. The van der Waals surface area contributed by atoms with Gasteiger partial charge in [0.15, 0.2) is 5.75 Å². The predicted octanol–water partition coefficient (Wildman–Crippen LogP) is 3.28. The third kappa shape index (κ3) is 1.82. The Balaban J connectivity index is 2.43. The molecule has 0 aliphatic rings. The molecule has 0 bridgehead atoms. The van der Waals surface area contributed by atoms with Crippen molar-refractivity contribution in [2.75, 3.05) is 5.75 Å². The molecule has 2 rings (SSSR count). The van der Waals surface area contributed by atoms with Crippen LogP contribution in [0, 0.1) is 0 Å². The van der Waals surface area contributed by atoms with Gasteiger partial charge in [0, 0.05) is 17.3 Å². The summed E-state index contributed by atoms with van der Waals surface area (Å²) >= 11 is 1.44. The molecule has 0 radical (unpaired) electrons. The number of aromatic nitrogens is 1. The van der Waals surface area contributed by atoms with Gasteiger partial charge in [-0.3, -0.25) is 4.98 Å². The summed E-state index contributed by atoms with van der Waals surface area (Å²) in [4.78, 5) is 4.30. The van der Waals surface area contributed by atoms with Gasteiger partial charge in [-0.1, -0.05) is 25.1 Å². The van der Waals surface area contributed by atoms with Crippen LogP contribution in [0.3, 0.4) is 0 Å². The lowest BCUT2D eigenvalue weighted by Gasteiger charge is -2.04. The molecule has 0 atom stereocenters. The zero-order valence-electron chi connectivity index (χ0n) is 7.93. The highest BCUT2D eigenvalue weighted by molar-refractivity contribution is 7.94. The van der Waals surface area contributed by atoms with Crippen LogP contribution in [-0.2, 0) is 0 Å². The van der Waals surface area contributed by atoms with Gasteiger partial charge in [-0.25, -0.2) is 0 Å². The molecule has 1 aromatic heterocycles. The average Bonchev–Trinajstić information content (AvgIpc) is 2.26. The first-order chi connectivity index (χ1) is 6.92. The maximum atomic E-state index is 5.52. The van der Waals surface area contributed by atoms with E-state index in [-0.39, 0.29) is 0 Å². The minimum absolute atomic E-state index is 0.843. The van der Waals surface area contributed by atoms with E-state index in [1.165, 1.54) is 12.0 Å². The lowest BCUT2D eigenvalue weighted by atomic mass is 10.2. The van der Waals surface area contributed by atoms with Crippen LogP contribution in [0.25, 0.3) is 10.9 Å². The first-order valence-electron chi connectivity index (χ1n) is 4.55. The molecule has 0 saturated heterocycles. The first kappa shape index (κ1) is 9.34. The number of pyridine rings is 1. The van der Waals surface area contributed by atoms with Crippen LogP contribution in [0.1, 0.15) is 6.92 Å². The van der Waals surface area contributed by atoms with Crippen LogP contribution in [-0.4, -0.2) is 10.7 Å². The molecule has 0 saturated carbocycles. The van der Waals surface area contributed by atoms with Crippen molar-refractivity contribution in [2.24, 2.45) is 0 Å². The van der Waals surface area contributed by atoms with Gasteiger partial charge in [-0.15, -0.1) is 0 Å². The summed E-state index contributed by atoms with van der Waals surface area (Å²) in [6.45, 7) is 2.06. The van der Waals surface area contributed by atoms with E-state index in [0.29, 0.717) is 0 Å². The summed E-state index contributed by atoms with van der Waals surface area (Å²) in [6.07, 6.45) is 1.78. The van der Waals surface area contributed by atoms with E-state index in [9.17, 15) is 0 Å². The molecule has 0 N–H and O–H groups in total. The topological polar surface area (TPSA) is 22.1 Å². The molecule has 2 nitrogen and oxygen atoms in total. The number of rotatable bonds is 3.